The van der Waals surface area contributed by atoms with Crippen LogP contribution in [0.4, 0.5) is 17.6 Å². The molecule has 0 saturated heterocycles. The Kier molecular flexibility index (Phi) is 3.20. The minimum Gasteiger partial charge on any atom is -0.508 e. The van der Waals surface area contributed by atoms with E-state index in [1.54, 1.807) is 0 Å². The smallest absolute Gasteiger partial charge is 0.208 e. The highest BCUT2D eigenvalue weighted by Gasteiger charge is 2.26. The van der Waals surface area contributed by atoms with Gasteiger partial charge in [0.2, 0.25) is 29.0 Å². The van der Waals surface area contributed by atoms with Crippen LogP contribution in [0.5, 0.6) is 23.0 Å². The average molecular weight is 274 g/mol. The molecule has 0 saturated carbocycles. The van der Waals surface area contributed by atoms with Gasteiger partial charge in [0.05, 0.1) is 0 Å². The van der Waals surface area contributed by atoms with E-state index in [9.17, 15) is 17.6 Å². The van der Waals surface area contributed by atoms with Crippen molar-refractivity contribution in [2.45, 2.75) is 0 Å². The molecule has 3 nitrogen and oxygen atoms in total. The summed E-state index contributed by atoms with van der Waals surface area (Å²) in [6.07, 6.45) is 0. The van der Waals surface area contributed by atoms with Crippen LogP contribution in [0.15, 0.2) is 24.3 Å². The molecule has 7 heteroatoms. The normalized spacial score (nSPS) is 10.5. The van der Waals surface area contributed by atoms with Crippen LogP contribution in [0.2, 0.25) is 0 Å². The molecule has 0 bridgehead atoms. The van der Waals surface area contributed by atoms with Gasteiger partial charge in [-0.1, -0.05) is 0 Å². The van der Waals surface area contributed by atoms with E-state index in [-0.39, 0.29) is 11.5 Å². The Morgan fingerprint density at radius 2 is 1.21 bits per heavy atom. The second kappa shape index (κ2) is 4.68. The van der Waals surface area contributed by atoms with E-state index in [1.807, 2.05) is 0 Å². The van der Waals surface area contributed by atoms with E-state index in [0.29, 0.717) is 0 Å². The largest absolute Gasteiger partial charge is 0.508 e. The Morgan fingerprint density at radius 3 is 1.68 bits per heavy atom. The molecule has 2 rings (SSSR count). The number of aromatic hydroxyl groups is 2. The summed E-state index contributed by atoms with van der Waals surface area (Å²) < 4.78 is 57.5. The van der Waals surface area contributed by atoms with Gasteiger partial charge in [0.1, 0.15) is 11.5 Å². The number of rotatable bonds is 2. The van der Waals surface area contributed by atoms with Crippen molar-refractivity contribution in [3.8, 4) is 23.0 Å². The number of halogens is 4. The van der Waals surface area contributed by atoms with Crippen LogP contribution < -0.4 is 4.74 Å². The number of phenolic OH excluding ortho intramolecular Hbond substituents is 2. The fourth-order valence-corrected chi connectivity index (χ4v) is 1.32. The van der Waals surface area contributed by atoms with Crippen LogP contribution in [-0.4, -0.2) is 10.2 Å². The zero-order valence-corrected chi connectivity index (χ0v) is 9.12. The molecule has 0 aliphatic carbocycles. The molecule has 2 N–H and O–H groups in total. The number of hydrogen-bond acceptors (Lipinski definition) is 3. The summed E-state index contributed by atoms with van der Waals surface area (Å²) in [7, 11) is 0. The molecule has 2 aromatic rings. The Hall–Kier alpha value is -2.44. The molecule has 0 heterocycles. The first-order valence-corrected chi connectivity index (χ1v) is 4.93. The van der Waals surface area contributed by atoms with Gasteiger partial charge >= 0.3 is 0 Å². The second-order valence-electron chi connectivity index (χ2n) is 3.53. The van der Waals surface area contributed by atoms with Gasteiger partial charge < -0.3 is 14.9 Å². The summed E-state index contributed by atoms with van der Waals surface area (Å²) in [5.41, 5.74) is 0. The fourth-order valence-electron chi connectivity index (χ4n) is 1.32. The predicted molar refractivity (Wildman–Crippen MR) is 56.1 cm³/mol. The van der Waals surface area contributed by atoms with Crippen molar-refractivity contribution in [1.29, 1.82) is 0 Å². The summed E-state index contributed by atoms with van der Waals surface area (Å²) in [5.74, 6) is -11.0. The molecular formula is C12H6F4O3. The minimum absolute atomic E-state index is 0.128. The summed E-state index contributed by atoms with van der Waals surface area (Å²) in [5, 5.41) is 17.8. The van der Waals surface area contributed by atoms with Crippen LogP contribution in [0, 0.1) is 23.3 Å². The van der Waals surface area contributed by atoms with Crippen LogP contribution in [0.25, 0.3) is 0 Å². The zero-order valence-electron chi connectivity index (χ0n) is 9.12. The third-order valence-electron chi connectivity index (χ3n) is 2.26. The van der Waals surface area contributed by atoms with E-state index in [4.69, 9.17) is 10.2 Å². The summed E-state index contributed by atoms with van der Waals surface area (Å²) in [6, 6.07) is 4.57. The first-order valence-electron chi connectivity index (χ1n) is 4.93. The third-order valence-corrected chi connectivity index (χ3v) is 2.26. The molecule has 0 fully saturated rings. The lowest BCUT2D eigenvalue weighted by molar-refractivity contribution is 0.324. The quantitative estimate of drug-likeness (QED) is 0.651. The second-order valence-corrected chi connectivity index (χ2v) is 3.53. The van der Waals surface area contributed by atoms with Crippen LogP contribution >= 0.6 is 0 Å². The lowest BCUT2D eigenvalue weighted by Gasteiger charge is -2.10. The Labute approximate surface area is 104 Å². The molecule has 100 valence electrons. The van der Waals surface area contributed by atoms with Gasteiger partial charge in [0.25, 0.3) is 0 Å². The van der Waals surface area contributed by atoms with Crippen molar-refractivity contribution >= 4 is 0 Å². The summed E-state index contributed by atoms with van der Waals surface area (Å²) >= 11 is 0. The molecule has 0 aromatic heterocycles. The van der Waals surface area contributed by atoms with E-state index in [1.165, 1.54) is 0 Å². The molecule has 0 unspecified atom stereocenters. The van der Waals surface area contributed by atoms with Crippen molar-refractivity contribution in [1.82, 2.24) is 0 Å². The van der Waals surface area contributed by atoms with Crippen molar-refractivity contribution in [3.63, 3.8) is 0 Å². The first-order chi connectivity index (χ1) is 8.91. The number of hydrogen-bond donors (Lipinski definition) is 2. The highest BCUT2D eigenvalue weighted by molar-refractivity contribution is 5.41. The third kappa shape index (κ3) is 2.26. The molecule has 0 atom stereocenters. The number of phenols is 2. The lowest BCUT2D eigenvalue weighted by Crippen LogP contribution is -2.00. The monoisotopic (exact) mass is 274 g/mol. The van der Waals surface area contributed by atoms with E-state index in [0.717, 1.165) is 24.3 Å². The molecule has 0 amide bonds. The molecule has 0 spiro atoms. The fraction of sp³-hybridized carbons (Fsp3) is 0. The topological polar surface area (TPSA) is 49.7 Å². The maximum atomic E-state index is 13.4. The average Bonchev–Trinajstić information content (AvgIpc) is 2.41. The maximum Gasteiger partial charge on any atom is 0.208 e. The Bertz CT molecular complexity index is 597. The first kappa shape index (κ1) is 13.0. The minimum atomic E-state index is -1.95. The highest BCUT2D eigenvalue weighted by atomic mass is 19.2. The van der Waals surface area contributed by atoms with E-state index in [2.05, 4.69) is 4.74 Å². The van der Waals surface area contributed by atoms with E-state index < -0.39 is 34.8 Å². The van der Waals surface area contributed by atoms with Crippen molar-refractivity contribution in [2.75, 3.05) is 0 Å². The lowest BCUT2D eigenvalue weighted by atomic mass is 10.2. The Morgan fingerprint density at radius 1 is 0.737 bits per heavy atom. The van der Waals surface area contributed by atoms with E-state index >= 15 is 0 Å². The van der Waals surface area contributed by atoms with Crippen LogP contribution in [-0.2, 0) is 0 Å². The van der Waals surface area contributed by atoms with Gasteiger partial charge in [-0.05, 0) is 24.3 Å². The zero-order chi connectivity index (χ0) is 14.2. The summed E-state index contributed by atoms with van der Waals surface area (Å²) in [4.78, 5) is 0. The van der Waals surface area contributed by atoms with Crippen molar-refractivity contribution < 1.29 is 32.5 Å². The summed E-state index contributed by atoms with van der Waals surface area (Å²) in [6.45, 7) is 0. The van der Waals surface area contributed by atoms with Crippen molar-refractivity contribution in [3.05, 3.63) is 47.5 Å². The molecule has 0 aliphatic rings. The van der Waals surface area contributed by atoms with Gasteiger partial charge in [-0.2, -0.15) is 17.6 Å². The van der Waals surface area contributed by atoms with Crippen molar-refractivity contribution in [2.24, 2.45) is 0 Å². The van der Waals surface area contributed by atoms with Crippen LogP contribution in [0.1, 0.15) is 0 Å². The highest BCUT2D eigenvalue weighted by Crippen LogP contribution is 2.36. The maximum absolute atomic E-state index is 13.4. The van der Waals surface area contributed by atoms with Crippen LogP contribution in [0.3, 0.4) is 0 Å². The molecule has 2 aromatic carbocycles. The molecular weight excluding hydrogens is 268 g/mol. The van der Waals surface area contributed by atoms with Gasteiger partial charge in [-0.3, -0.25) is 0 Å². The van der Waals surface area contributed by atoms with Gasteiger partial charge in [-0.15, -0.1) is 0 Å². The standard InChI is InChI=1S/C12H6F4O3/c13-7-9(15)12(10(16)8(14)11(7)18)19-6-3-1-5(17)2-4-6/h1-4,17-18H. The van der Waals surface area contributed by atoms with Gasteiger partial charge in [0.15, 0.2) is 5.75 Å². The SMILES string of the molecule is Oc1ccc(Oc2c(F)c(F)c(O)c(F)c2F)cc1. The van der Waals surface area contributed by atoms with Gasteiger partial charge in [-0.25, -0.2) is 0 Å². The van der Waals surface area contributed by atoms with Gasteiger partial charge in [0, 0.05) is 0 Å². The number of benzene rings is 2. The predicted octanol–water partition coefficient (Wildman–Crippen LogP) is 3.45. The number of ether oxygens (including phenoxy) is 1. The molecule has 19 heavy (non-hydrogen) atoms. The molecule has 0 aliphatic heterocycles. The Balaban J connectivity index is 2.48. The molecule has 0 radical (unpaired) electrons.